The SMILES string of the molecule is OB(O)c1cc(F)ccc1COc1cc(F)ccc1Cl. The molecule has 0 unspecified atom stereocenters. The third-order valence-electron chi connectivity index (χ3n) is 2.66. The van der Waals surface area contributed by atoms with E-state index in [0.717, 1.165) is 18.2 Å². The van der Waals surface area contributed by atoms with Crippen molar-refractivity contribution in [3.8, 4) is 5.75 Å². The predicted octanol–water partition coefficient (Wildman–Crippen LogP) is 1.88. The van der Waals surface area contributed by atoms with Gasteiger partial charge < -0.3 is 14.8 Å². The van der Waals surface area contributed by atoms with E-state index in [1.807, 2.05) is 0 Å². The first-order valence-corrected chi connectivity index (χ1v) is 6.07. The Morgan fingerprint density at radius 3 is 2.40 bits per heavy atom. The Hall–Kier alpha value is -1.63. The summed E-state index contributed by atoms with van der Waals surface area (Å²) in [6, 6.07) is 7.17. The minimum atomic E-state index is -1.83. The largest absolute Gasteiger partial charge is 0.488 e. The van der Waals surface area contributed by atoms with Crippen LogP contribution in [0.5, 0.6) is 5.75 Å². The molecule has 0 aromatic heterocycles. The van der Waals surface area contributed by atoms with Crippen LogP contribution in [0.15, 0.2) is 36.4 Å². The highest BCUT2D eigenvalue weighted by Crippen LogP contribution is 2.25. The molecule has 0 aliphatic carbocycles. The highest BCUT2D eigenvalue weighted by molar-refractivity contribution is 6.59. The minimum Gasteiger partial charge on any atom is -0.487 e. The number of rotatable bonds is 4. The van der Waals surface area contributed by atoms with Gasteiger partial charge in [-0.25, -0.2) is 8.78 Å². The summed E-state index contributed by atoms with van der Waals surface area (Å²) < 4.78 is 31.4. The summed E-state index contributed by atoms with van der Waals surface area (Å²) in [5, 5.41) is 18.6. The molecule has 0 amide bonds. The number of benzene rings is 2. The molecule has 7 heteroatoms. The highest BCUT2D eigenvalue weighted by atomic mass is 35.5. The third-order valence-corrected chi connectivity index (χ3v) is 2.97. The second-order valence-corrected chi connectivity index (χ2v) is 4.49. The molecule has 2 aromatic rings. The molecule has 20 heavy (non-hydrogen) atoms. The van der Waals surface area contributed by atoms with Gasteiger partial charge in [0.1, 0.15) is 24.0 Å². The topological polar surface area (TPSA) is 49.7 Å². The van der Waals surface area contributed by atoms with E-state index in [2.05, 4.69) is 0 Å². The second kappa shape index (κ2) is 6.22. The zero-order chi connectivity index (χ0) is 14.7. The van der Waals surface area contributed by atoms with Crippen molar-refractivity contribution >= 4 is 24.2 Å². The fourth-order valence-electron chi connectivity index (χ4n) is 1.68. The van der Waals surface area contributed by atoms with Crippen molar-refractivity contribution in [1.82, 2.24) is 0 Å². The molecule has 2 rings (SSSR count). The van der Waals surface area contributed by atoms with Crippen LogP contribution in [0, 0.1) is 11.6 Å². The maximum atomic E-state index is 13.1. The van der Waals surface area contributed by atoms with Crippen LogP contribution in [-0.2, 0) is 6.61 Å². The van der Waals surface area contributed by atoms with Gasteiger partial charge in [-0.3, -0.25) is 0 Å². The summed E-state index contributed by atoms with van der Waals surface area (Å²) in [5.41, 5.74) is 0.347. The Kier molecular flexibility index (Phi) is 4.59. The smallest absolute Gasteiger partial charge is 0.487 e. The zero-order valence-electron chi connectivity index (χ0n) is 10.2. The number of halogens is 3. The van der Waals surface area contributed by atoms with E-state index in [1.54, 1.807) is 0 Å². The molecule has 0 radical (unpaired) electrons. The van der Waals surface area contributed by atoms with Gasteiger partial charge in [0.2, 0.25) is 0 Å². The van der Waals surface area contributed by atoms with Gasteiger partial charge in [-0.1, -0.05) is 17.7 Å². The van der Waals surface area contributed by atoms with Crippen LogP contribution in [0.1, 0.15) is 5.56 Å². The van der Waals surface area contributed by atoms with Crippen molar-refractivity contribution in [2.75, 3.05) is 0 Å². The minimum absolute atomic E-state index is 0.0162. The van der Waals surface area contributed by atoms with Crippen LogP contribution >= 0.6 is 11.6 Å². The van der Waals surface area contributed by atoms with Crippen molar-refractivity contribution in [2.45, 2.75) is 6.61 Å². The predicted molar refractivity (Wildman–Crippen MR) is 72.0 cm³/mol. The van der Waals surface area contributed by atoms with Crippen LogP contribution < -0.4 is 10.2 Å². The average molecular weight is 298 g/mol. The van der Waals surface area contributed by atoms with Gasteiger partial charge in [0.15, 0.2) is 0 Å². The Balaban J connectivity index is 2.20. The van der Waals surface area contributed by atoms with Gasteiger partial charge in [0.05, 0.1) is 5.02 Å². The van der Waals surface area contributed by atoms with Gasteiger partial charge >= 0.3 is 7.12 Å². The maximum absolute atomic E-state index is 13.1. The lowest BCUT2D eigenvalue weighted by Crippen LogP contribution is -2.34. The van der Waals surface area contributed by atoms with E-state index in [-0.39, 0.29) is 22.8 Å². The van der Waals surface area contributed by atoms with E-state index < -0.39 is 18.8 Å². The first-order valence-electron chi connectivity index (χ1n) is 5.69. The fraction of sp³-hybridized carbons (Fsp3) is 0.0769. The first-order chi connectivity index (χ1) is 9.47. The van der Waals surface area contributed by atoms with Crippen molar-refractivity contribution in [3.05, 3.63) is 58.6 Å². The van der Waals surface area contributed by atoms with Gasteiger partial charge in [0, 0.05) is 6.07 Å². The molecule has 0 saturated carbocycles. The molecule has 0 saturated heterocycles. The number of ether oxygens (including phenoxy) is 1. The Bertz CT molecular complexity index is 623. The molecule has 104 valence electrons. The van der Waals surface area contributed by atoms with Crippen molar-refractivity contribution in [1.29, 1.82) is 0 Å². The Morgan fingerprint density at radius 1 is 1.05 bits per heavy atom. The van der Waals surface area contributed by atoms with Crippen molar-refractivity contribution < 1.29 is 23.6 Å². The van der Waals surface area contributed by atoms with Crippen LogP contribution in [0.2, 0.25) is 5.02 Å². The molecule has 0 aliphatic rings. The van der Waals surface area contributed by atoms with Crippen LogP contribution in [0.25, 0.3) is 0 Å². The first kappa shape index (κ1) is 14.8. The molecular weight excluding hydrogens is 288 g/mol. The molecular formula is C13H10BClF2O3. The molecule has 0 fully saturated rings. The van der Waals surface area contributed by atoms with Crippen molar-refractivity contribution in [3.63, 3.8) is 0 Å². The molecule has 0 bridgehead atoms. The maximum Gasteiger partial charge on any atom is 0.488 e. The summed E-state index contributed by atoms with van der Waals surface area (Å²) >= 11 is 5.84. The lowest BCUT2D eigenvalue weighted by Gasteiger charge is -2.12. The molecule has 0 heterocycles. The molecule has 0 spiro atoms. The zero-order valence-corrected chi connectivity index (χ0v) is 10.9. The standard InChI is InChI=1S/C13H10BClF2O3/c15-12-4-3-10(17)6-13(12)20-7-8-1-2-9(16)5-11(8)14(18)19/h1-6,18-19H,7H2. The lowest BCUT2D eigenvalue weighted by molar-refractivity contribution is 0.305. The van der Waals surface area contributed by atoms with Crippen molar-refractivity contribution in [2.24, 2.45) is 0 Å². The summed E-state index contributed by atoms with van der Waals surface area (Å²) in [5.74, 6) is -0.985. The Morgan fingerprint density at radius 2 is 1.70 bits per heavy atom. The molecule has 2 N–H and O–H groups in total. The molecule has 3 nitrogen and oxygen atoms in total. The van der Waals surface area contributed by atoms with Gasteiger partial charge in [-0.2, -0.15) is 0 Å². The van der Waals surface area contributed by atoms with Crippen LogP contribution in [0.4, 0.5) is 8.78 Å². The second-order valence-electron chi connectivity index (χ2n) is 4.08. The summed E-state index contributed by atoms with van der Waals surface area (Å²) in [6.45, 7) is -0.101. The fourth-order valence-corrected chi connectivity index (χ4v) is 1.85. The van der Waals surface area contributed by atoms with Gasteiger partial charge in [0.25, 0.3) is 0 Å². The number of hydrogen-bond acceptors (Lipinski definition) is 3. The summed E-state index contributed by atoms with van der Waals surface area (Å²) in [6.07, 6.45) is 0. The van der Waals surface area contributed by atoms with E-state index >= 15 is 0 Å². The average Bonchev–Trinajstić information content (AvgIpc) is 2.40. The Labute approximate surface area is 119 Å². The highest BCUT2D eigenvalue weighted by Gasteiger charge is 2.17. The van der Waals surface area contributed by atoms with E-state index in [9.17, 15) is 18.8 Å². The monoisotopic (exact) mass is 298 g/mol. The van der Waals surface area contributed by atoms with Crippen LogP contribution in [-0.4, -0.2) is 17.2 Å². The van der Waals surface area contributed by atoms with E-state index in [4.69, 9.17) is 16.3 Å². The number of hydrogen-bond donors (Lipinski definition) is 2. The molecule has 0 atom stereocenters. The van der Waals surface area contributed by atoms with E-state index in [1.165, 1.54) is 18.2 Å². The van der Waals surface area contributed by atoms with Gasteiger partial charge in [-0.15, -0.1) is 0 Å². The normalized spacial score (nSPS) is 10.4. The van der Waals surface area contributed by atoms with Crippen LogP contribution in [0.3, 0.4) is 0 Å². The molecule has 0 aliphatic heterocycles. The summed E-state index contributed by atoms with van der Waals surface area (Å²) in [7, 11) is -1.83. The van der Waals surface area contributed by atoms with E-state index in [0.29, 0.717) is 5.56 Å². The molecule has 2 aromatic carbocycles. The van der Waals surface area contributed by atoms with Gasteiger partial charge in [-0.05, 0) is 35.3 Å². The lowest BCUT2D eigenvalue weighted by atomic mass is 9.77. The summed E-state index contributed by atoms with van der Waals surface area (Å²) in [4.78, 5) is 0. The quantitative estimate of drug-likeness (QED) is 0.847. The third kappa shape index (κ3) is 3.48.